The maximum Gasteiger partial charge on any atom is 0.173 e. The van der Waals surface area contributed by atoms with E-state index >= 15 is 0 Å². The smallest absolute Gasteiger partial charge is 0.173 e. The third-order valence-electron chi connectivity index (χ3n) is 1.61. The summed E-state index contributed by atoms with van der Waals surface area (Å²) in [5, 5.41) is 0. The van der Waals surface area contributed by atoms with Gasteiger partial charge < -0.3 is 9.47 Å². The minimum Gasteiger partial charge on any atom is -0.379 e. The molecule has 10 heavy (non-hydrogen) atoms. The molecule has 0 unspecified atom stereocenters. The van der Waals surface area contributed by atoms with Crippen molar-refractivity contribution in [2.45, 2.75) is 0 Å². The van der Waals surface area contributed by atoms with Crippen LogP contribution in [-0.4, -0.2) is 44.4 Å². The van der Waals surface area contributed by atoms with Gasteiger partial charge in [-0.3, -0.25) is 4.90 Å². The van der Waals surface area contributed by atoms with Crippen molar-refractivity contribution in [3.05, 3.63) is 7.11 Å². The highest BCUT2D eigenvalue weighted by Gasteiger charge is 2.08. The molecule has 1 aliphatic rings. The lowest BCUT2D eigenvalue weighted by molar-refractivity contribution is 0.0289. The molecular weight excluding hydrogens is 130 g/mol. The topological polar surface area (TPSA) is 21.7 Å². The van der Waals surface area contributed by atoms with E-state index in [1.807, 2.05) is 0 Å². The largest absolute Gasteiger partial charge is 0.379 e. The third kappa shape index (κ3) is 2.64. The van der Waals surface area contributed by atoms with Crippen LogP contribution in [0.4, 0.5) is 0 Å². The summed E-state index contributed by atoms with van der Waals surface area (Å²) in [6, 6.07) is 0. The summed E-state index contributed by atoms with van der Waals surface area (Å²) in [6.45, 7) is 4.94. The standard InChI is InChI=1S/C7H12NO2/c1-9-5-2-8-3-6-10-7-4-8/h2-7H2. The van der Waals surface area contributed by atoms with E-state index in [0.717, 1.165) is 32.8 Å². The van der Waals surface area contributed by atoms with E-state index in [-0.39, 0.29) is 0 Å². The molecule has 3 heteroatoms. The van der Waals surface area contributed by atoms with Crippen molar-refractivity contribution < 1.29 is 9.47 Å². The van der Waals surface area contributed by atoms with Gasteiger partial charge in [-0.25, -0.2) is 0 Å². The van der Waals surface area contributed by atoms with Gasteiger partial charge in [-0.15, -0.1) is 0 Å². The number of hydrogen-bond donors (Lipinski definition) is 0. The Balaban J connectivity index is 2.02. The maximum atomic E-state index is 6.46. The number of hydrogen-bond acceptors (Lipinski definition) is 3. The molecule has 0 saturated carbocycles. The Morgan fingerprint density at radius 2 is 2.10 bits per heavy atom. The van der Waals surface area contributed by atoms with Gasteiger partial charge in [0.1, 0.15) is 0 Å². The zero-order chi connectivity index (χ0) is 7.23. The molecule has 0 aromatic carbocycles. The minimum atomic E-state index is 0.500. The average molecular weight is 142 g/mol. The first kappa shape index (κ1) is 7.98. The van der Waals surface area contributed by atoms with Gasteiger partial charge in [0, 0.05) is 19.6 Å². The second-order valence-electron chi connectivity index (χ2n) is 2.30. The van der Waals surface area contributed by atoms with Gasteiger partial charge in [0.2, 0.25) is 0 Å². The van der Waals surface area contributed by atoms with Gasteiger partial charge in [0.05, 0.1) is 19.8 Å². The van der Waals surface area contributed by atoms with Gasteiger partial charge in [0.25, 0.3) is 0 Å². The monoisotopic (exact) mass is 142 g/mol. The Bertz CT molecular complexity index is 81.7. The molecule has 0 amide bonds. The normalized spacial score (nSPS) is 21.3. The highest BCUT2D eigenvalue weighted by molar-refractivity contribution is 4.60. The zero-order valence-electron chi connectivity index (χ0n) is 6.01. The molecule has 1 rings (SSSR count). The molecule has 1 fully saturated rings. The van der Waals surface area contributed by atoms with Crippen LogP contribution < -0.4 is 0 Å². The molecule has 0 bridgehead atoms. The lowest BCUT2D eigenvalue weighted by atomic mass is 10.4. The van der Waals surface area contributed by atoms with Crippen LogP contribution in [0.15, 0.2) is 0 Å². The highest BCUT2D eigenvalue weighted by atomic mass is 16.5. The zero-order valence-corrected chi connectivity index (χ0v) is 6.01. The van der Waals surface area contributed by atoms with Crippen LogP contribution in [0.25, 0.3) is 0 Å². The first-order valence-corrected chi connectivity index (χ1v) is 3.52. The molecule has 57 valence electrons. The van der Waals surface area contributed by atoms with Crippen molar-refractivity contribution in [3.63, 3.8) is 0 Å². The van der Waals surface area contributed by atoms with Crippen LogP contribution in [0.3, 0.4) is 0 Å². The molecule has 0 aliphatic carbocycles. The van der Waals surface area contributed by atoms with Gasteiger partial charge in [-0.2, -0.15) is 0 Å². The molecule has 1 aliphatic heterocycles. The molecule has 0 aromatic heterocycles. The van der Waals surface area contributed by atoms with Gasteiger partial charge in [-0.1, -0.05) is 0 Å². The predicted octanol–water partition coefficient (Wildman–Crippen LogP) is -0.119. The van der Waals surface area contributed by atoms with E-state index < -0.39 is 0 Å². The van der Waals surface area contributed by atoms with E-state index in [1.165, 1.54) is 0 Å². The number of ether oxygens (including phenoxy) is 2. The molecule has 0 atom stereocenters. The summed E-state index contributed by atoms with van der Waals surface area (Å²) in [5.74, 6) is 0. The van der Waals surface area contributed by atoms with E-state index in [4.69, 9.17) is 11.8 Å². The summed E-state index contributed by atoms with van der Waals surface area (Å²) >= 11 is 0. The molecule has 3 nitrogen and oxygen atoms in total. The second-order valence-corrected chi connectivity index (χ2v) is 2.30. The SMILES string of the molecule is [C]OCCN1CCOCC1. The summed E-state index contributed by atoms with van der Waals surface area (Å²) in [5.41, 5.74) is 0. The van der Waals surface area contributed by atoms with Crippen molar-refractivity contribution in [2.24, 2.45) is 0 Å². The van der Waals surface area contributed by atoms with E-state index in [9.17, 15) is 0 Å². The molecule has 0 N–H and O–H groups in total. The Kier molecular flexibility index (Phi) is 3.72. The fourth-order valence-electron chi connectivity index (χ4n) is 1.000. The average Bonchev–Trinajstić information content (AvgIpc) is 2.03. The van der Waals surface area contributed by atoms with Crippen LogP contribution in [0.5, 0.6) is 0 Å². The minimum absolute atomic E-state index is 0.500. The van der Waals surface area contributed by atoms with E-state index in [1.54, 1.807) is 0 Å². The number of nitrogens with zero attached hydrogens (tertiary/aromatic N) is 1. The van der Waals surface area contributed by atoms with Crippen molar-refractivity contribution in [1.82, 2.24) is 4.90 Å². The van der Waals surface area contributed by atoms with E-state index in [0.29, 0.717) is 6.61 Å². The van der Waals surface area contributed by atoms with Crippen molar-refractivity contribution >= 4 is 0 Å². The lowest BCUT2D eigenvalue weighted by Crippen LogP contribution is -2.38. The highest BCUT2D eigenvalue weighted by Crippen LogP contribution is 1.95. The van der Waals surface area contributed by atoms with Crippen LogP contribution >= 0.6 is 0 Å². The molecule has 0 aromatic rings. The van der Waals surface area contributed by atoms with Gasteiger partial charge >= 0.3 is 0 Å². The van der Waals surface area contributed by atoms with Gasteiger partial charge in [0.15, 0.2) is 7.11 Å². The Morgan fingerprint density at radius 1 is 1.40 bits per heavy atom. The summed E-state index contributed by atoms with van der Waals surface area (Å²) in [6.07, 6.45) is 0. The number of rotatable bonds is 3. The molecule has 1 heterocycles. The maximum absolute atomic E-state index is 6.46. The third-order valence-corrected chi connectivity index (χ3v) is 1.61. The fraction of sp³-hybridized carbons (Fsp3) is 0.857. The Hall–Kier alpha value is -0.120. The van der Waals surface area contributed by atoms with Crippen LogP contribution in [-0.2, 0) is 9.47 Å². The summed E-state index contributed by atoms with van der Waals surface area (Å²) in [7, 11) is 6.46. The van der Waals surface area contributed by atoms with Crippen molar-refractivity contribution in [2.75, 3.05) is 39.5 Å². The second kappa shape index (κ2) is 4.66. The first-order valence-electron chi connectivity index (χ1n) is 3.52. The molecular formula is C7H12NO2. The lowest BCUT2D eigenvalue weighted by Gasteiger charge is -2.25. The quantitative estimate of drug-likeness (QED) is 0.548. The van der Waals surface area contributed by atoms with Gasteiger partial charge in [-0.05, 0) is 0 Å². The Labute approximate surface area is 61.9 Å². The van der Waals surface area contributed by atoms with Crippen LogP contribution in [0.2, 0.25) is 0 Å². The number of morpholine rings is 1. The predicted molar refractivity (Wildman–Crippen MR) is 36.5 cm³/mol. The Morgan fingerprint density at radius 3 is 2.70 bits per heavy atom. The van der Waals surface area contributed by atoms with Crippen LogP contribution in [0.1, 0.15) is 0 Å². The summed E-state index contributed by atoms with van der Waals surface area (Å²) in [4.78, 5) is 2.23. The molecule has 0 spiro atoms. The van der Waals surface area contributed by atoms with Crippen LogP contribution in [0, 0.1) is 7.11 Å². The summed E-state index contributed by atoms with van der Waals surface area (Å²) < 4.78 is 9.36. The molecule has 3 radical (unpaired) electrons. The van der Waals surface area contributed by atoms with E-state index in [2.05, 4.69) is 9.64 Å². The molecule has 1 saturated heterocycles. The van der Waals surface area contributed by atoms with Crippen molar-refractivity contribution in [3.8, 4) is 0 Å². The van der Waals surface area contributed by atoms with Crippen molar-refractivity contribution in [1.29, 1.82) is 0 Å². The fourth-order valence-corrected chi connectivity index (χ4v) is 1.000. The first-order chi connectivity index (χ1) is 4.93.